The Morgan fingerprint density at radius 3 is 2.41 bits per heavy atom. The highest BCUT2D eigenvalue weighted by atomic mass is 16.6. The summed E-state index contributed by atoms with van der Waals surface area (Å²) in [5.41, 5.74) is 1.15. The molecule has 0 unspecified atom stereocenters. The number of nitro benzene ring substituents is 1. The summed E-state index contributed by atoms with van der Waals surface area (Å²) in [5.74, 6) is 0. The lowest BCUT2D eigenvalue weighted by atomic mass is 10.1. The fourth-order valence-electron chi connectivity index (χ4n) is 3.90. The van der Waals surface area contributed by atoms with E-state index in [9.17, 15) is 10.1 Å². The lowest BCUT2D eigenvalue weighted by molar-refractivity contribution is -0.671. The zero-order valence-electron chi connectivity index (χ0n) is 15.5. The van der Waals surface area contributed by atoms with Gasteiger partial charge in [-0.2, -0.15) is 0 Å². The molecule has 2 aromatic heterocycles. The predicted molar refractivity (Wildman–Crippen MR) is 99.1 cm³/mol. The van der Waals surface area contributed by atoms with Crippen molar-refractivity contribution in [1.29, 1.82) is 0 Å². The van der Waals surface area contributed by atoms with Gasteiger partial charge in [-0.15, -0.1) is 0 Å². The topological polar surface area (TPSA) is 64.0 Å². The van der Waals surface area contributed by atoms with Gasteiger partial charge in [-0.3, -0.25) is 10.1 Å². The highest BCUT2D eigenvalue weighted by Gasteiger charge is 2.37. The van der Waals surface area contributed by atoms with Crippen LogP contribution in [0.2, 0.25) is 0 Å². The van der Waals surface area contributed by atoms with Crippen molar-refractivity contribution in [3.05, 3.63) is 71.8 Å². The SMILES string of the molecule is C[n+]1ccn(C[C@@H]2C[C@H](n3cc[n+](C)c3)CN2c2ccc([N+](=O)[O-])cc2)c1. The molecule has 1 fully saturated rings. The van der Waals surface area contributed by atoms with Crippen LogP contribution < -0.4 is 14.0 Å². The molecule has 0 radical (unpaired) electrons. The minimum Gasteiger partial charge on any atom is -0.360 e. The molecule has 3 heterocycles. The number of aromatic nitrogens is 4. The molecule has 1 aromatic carbocycles. The van der Waals surface area contributed by atoms with Gasteiger partial charge in [0.05, 0.1) is 31.6 Å². The van der Waals surface area contributed by atoms with Gasteiger partial charge in [-0.1, -0.05) is 0 Å². The van der Waals surface area contributed by atoms with E-state index in [0.717, 1.165) is 25.2 Å². The number of anilines is 1. The number of rotatable bonds is 5. The summed E-state index contributed by atoms with van der Waals surface area (Å²) >= 11 is 0. The predicted octanol–water partition coefficient (Wildman–Crippen LogP) is 1.37. The van der Waals surface area contributed by atoms with Gasteiger partial charge < -0.3 is 4.90 Å². The van der Waals surface area contributed by atoms with Crippen LogP contribution in [0, 0.1) is 10.1 Å². The number of nitro groups is 1. The second kappa shape index (κ2) is 6.86. The zero-order chi connectivity index (χ0) is 19.0. The maximum atomic E-state index is 11.0. The minimum atomic E-state index is -0.353. The first-order chi connectivity index (χ1) is 13.0. The van der Waals surface area contributed by atoms with Crippen LogP contribution in [0.5, 0.6) is 0 Å². The Labute approximate surface area is 157 Å². The summed E-state index contributed by atoms with van der Waals surface area (Å²) in [5, 5.41) is 11.0. The highest BCUT2D eigenvalue weighted by molar-refractivity contribution is 5.52. The molecule has 1 aliphatic heterocycles. The quantitative estimate of drug-likeness (QED) is 0.388. The number of imidazole rings is 2. The summed E-state index contributed by atoms with van der Waals surface area (Å²) in [6, 6.07) is 7.58. The van der Waals surface area contributed by atoms with Crippen LogP contribution in [0.3, 0.4) is 0 Å². The molecule has 2 atom stereocenters. The minimum absolute atomic E-state index is 0.126. The molecule has 8 nitrogen and oxygen atoms in total. The van der Waals surface area contributed by atoms with E-state index in [1.165, 1.54) is 0 Å². The van der Waals surface area contributed by atoms with Crippen molar-refractivity contribution in [2.75, 3.05) is 11.4 Å². The monoisotopic (exact) mass is 368 g/mol. The van der Waals surface area contributed by atoms with Crippen LogP contribution in [0.1, 0.15) is 12.5 Å². The third kappa shape index (κ3) is 3.55. The van der Waals surface area contributed by atoms with E-state index in [1.807, 2.05) is 37.0 Å². The molecule has 0 N–H and O–H groups in total. The molecule has 1 saturated heterocycles. The van der Waals surface area contributed by atoms with Crippen LogP contribution in [-0.2, 0) is 20.6 Å². The van der Waals surface area contributed by atoms with E-state index in [0.29, 0.717) is 12.1 Å². The molecule has 0 amide bonds. The summed E-state index contributed by atoms with van der Waals surface area (Å²) in [4.78, 5) is 13.0. The van der Waals surface area contributed by atoms with Crippen molar-refractivity contribution >= 4 is 11.4 Å². The van der Waals surface area contributed by atoms with Gasteiger partial charge in [0, 0.05) is 24.2 Å². The summed E-state index contributed by atoms with van der Waals surface area (Å²) in [6.45, 7) is 1.76. The van der Waals surface area contributed by atoms with E-state index in [1.54, 1.807) is 12.1 Å². The molecule has 27 heavy (non-hydrogen) atoms. The fraction of sp³-hybridized carbons (Fsp3) is 0.368. The highest BCUT2D eigenvalue weighted by Crippen LogP contribution is 2.33. The summed E-state index contributed by atoms with van der Waals surface area (Å²) in [6.07, 6.45) is 13.5. The van der Waals surface area contributed by atoms with Gasteiger partial charge >= 0.3 is 0 Å². The van der Waals surface area contributed by atoms with Gasteiger partial charge in [-0.25, -0.2) is 18.3 Å². The third-order valence-electron chi connectivity index (χ3n) is 5.24. The molecule has 0 saturated carbocycles. The smallest absolute Gasteiger partial charge is 0.269 e. The van der Waals surface area contributed by atoms with Crippen LogP contribution in [0.25, 0.3) is 0 Å². The normalized spacial score (nSPS) is 19.6. The van der Waals surface area contributed by atoms with E-state index >= 15 is 0 Å². The number of hydrogen-bond acceptors (Lipinski definition) is 3. The standard InChI is InChI=1S/C19H24N6O2/c1-20-7-9-22(14-20)12-19-11-18(23-10-8-21(2)15-23)13-24(19)16-3-5-17(6-4-16)25(26)27/h3-10,14-15,18-19H,11-13H2,1-2H3/q+2/t18-,19-/m0/s1. The van der Waals surface area contributed by atoms with Crippen molar-refractivity contribution in [1.82, 2.24) is 9.13 Å². The molecule has 0 spiro atoms. The molecule has 1 aliphatic rings. The van der Waals surface area contributed by atoms with Crippen molar-refractivity contribution in [2.24, 2.45) is 14.1 Å². The lowest BCUT2D eigenvalue weighted by Gasteiger charge is -2.24. The fourth-order valence-corrected chi connectivity index (χ4v) is 3.90. The van der Waals surface area contributed by atoms with Crippen LogP contribution >= 0.6 is 0 Å². The summed E-state index contributed by atoms with van der Waals surface area (Å²) < 4.78 is 8.54. The van der Waals surface area contributed by atoms with Crippen molar-refractivity contribution in [3.63, 3.8) is 0 Å². The molecule has 0 aliphatic carbocycles. The average molecular weight is 368 g/mol. The number of hydrogen-bond donors (Lipinski definition) is 0. The molecule has 140 valence electrons. The number of nitrogens with zero attached hydrogens (tertiary/aromatic N) is 6. The average Bonchev–Trinajstić information content (AvgIpc) is 3.36. The van der Waals surface area contributed by atoms with Crippen LogP contribution in [0.4, 0.5) is 11.4 Å². The van der Waals surface area contributed by atoms with Crippen LogP contribution in [-0.4, -0.2) is 26.6 Å². The molecule has 0 bridgehead atoms. The van der Waals surface area contributed by atoms with Gasteiger partial charge in [0.2, 0.25) is 12.7 Å². The first-order valence-electron chi connectivity index (χ1n) is 9.04. The van der Waals surface area contributed by atoms with Gasteiger partial charge in [0.1, 0.15) is 37.4 Å². The number of aryl methyl sites for hydroxylation is 2. The second-order valence-corrected chi connectivity index (χ2v) is 7.27. The largest absolute Gasteiger partial charge is 0.360 e. The van der Waals surface area contributed by atoms with Crippen LogP contribution in [0.15, 0.2) is 61.7 Å². The third-order valence-corrected chi connectivity index (χ3v) is 5.24. The van der Waals surface area contributed by atoms with Crippen molar-refractivity contribution in [2.45, 2.75) is 25.0 Å². The van der Waals surface area contributed by atoms with Gasteiger partial charge in [0.25, 0.3) is 5.69 Å². The summed E-state index contributed by atoms with van der Waals surface area (Å²) in [7, 11) is 4.04. The molecule has 8 heteroatoms. The second-order valence-electron chi connectivity index (χ2n) is 7.27. The Kier molecular flexibility index (Phi) is 4.39. The maximum absolute atomic E-state index is 11.0. The molecular formula is C19H24N6O2+2. The lowest BCUT2D eigenvalue weighted by Crippen LogP contribution is -2.33. The van der Waals surface area contributed by atoms with Gasteiger partial charge in [-0.05, 0) is 12.1 Å². The van der Waals surface area contributed by atoms with Crippen molar-refractivity contribution in [3.8, 4) is 0 Å². The van der Waals surface area contributed by atoms with E-state index in [2.05, 4.69) is 49.8 Å². The maximum Gasteiger partial charge on any atom is 0.269 e. The first kappa shape index (κ1) is 17.3. The molecule has 3 aromatic rings. The molecular weight excluding hydrogens is 344 g/mol. The van der Waals surface area contributed by atoms with E-state index in [-0.39, 0.29) is 10.6 Å². The Hall–Kier alpha value is -3.16. The van der Waals surface area contributed by atoms with Gasteiger partial charge in [0.15, 0.2) is 0 Å². The Balaban J connectivity index is 1.61. The number of benzene rings is 1. The first-order valence-corrected chi connectivity index (χ1v) is 9.04. The number of non-ortho nitro benzene ring substituents is 1. The Morgan fingerprint density at radius 2 is 1.81 bits per heavy atom. The Morgan fingerprint density at radius 1 is 1.11 bits per heavy atom. The van der Waals surface area contributed by atoms with E-state index in [4.69, 9.17) is 0 Å². The van der Waals surface area contributed by atoms with Crippen molar-refractivity contribution < 1.29 is 14.1 Å². The zero-order valence-corrected chi connectivity index (χ0v) is 15.5. The Bertz CT molecular complexity index is 945. The van der Waals surface area contributed by atoms with E-state index < -0.39 is 0 Å². The molecule has 4 rings (SSSR count).